The van der Waals surface area contributed by atoms with Crippen LogP contribution in [0.1, 0.15) is 24.3 Å². The molecule has 1 rings (SSSR count). The van der Waals surface area contributed by atoms with Crippen LogP contribution in [-0.4, -0.2) is 0 Å². The summed E-state index contributed by atoms with van der Waals surface area (Å²) in [6, 6.07) is 2.12. The van der Waals surface area contributed by atoms with Gasteiger partial charge in [-0.25, -0.2) is 0 Å². The third-order valence-electron chi connectivity index (χ3n) is 1.55. The van der Waals surface area contributed by atoms with Gasteiger partial charge in [-0.3, -0.25) is 0 Å². The second-order valence-corrected chi connectivity index (χ2v) is 4.70. The van der Waals surface area contributed by atoms with Gasteiger partial charge in [0.2, 0.25) is 0 Å². The normalized spacial score (nSPS) is 11.9. The molecule has 0 bridgehead atoms. The summed E-state index contributed by atoms with van der Waals surface area (Å²) in [6.45, 7) is 5.85. The summed E-state index contributed by atoms with van der Waals surface area (Å²) < 4.78 is 1.11. The van der Waals surface area contributed by atoms with Gasteiger partial charge in [-0.15, -0.1) is 30.3 Å². The molecule has 1 aromatic heterocycles. The van der Waals surface area contributed by atoms with Crippen molar-refractivity contribution in [2.75, 3.05) is 0 Å². The Labute approximate surface area is 97.6 Å². The monoisotopic (exact) mass is 281 g/mol. The maximum absolute atomic E-state index is 5.96. The first kappa shape index (κ1) is 13.2. The molecule has 0 aliphatic heterocycles. The van der Waals surface area contributed by atoms with Gasteiger partial charge in [-0.2, -0.15) is 0 Å². The maximum Gasteiger partial charge on any atom is 0.0438 e. The van der Waals surface area contributed by atoms with Crippen LogP contribution in [0.5, 0.6) is 0 Å². The minimum absolute atomic E-state index is 0. The SMILES string of the molecule is C=C(C)C[C@@H](N)c1sccc1Br.Cl. The number of nitrogens with two attached hydrogens (primary N) is 1. The number of halogens is 2. The van der Waals surface area contributed by atoms with Crippen LogP contribution in [0.15, 0.2) is 28.1 Å². The molecule has 74 valence electrons. The van der Waals surface area contributed by atoms with Gasteiger partial charge in [0.1, 0.15) is 0 Å². The second-order valence-electron chi connectivity index (χ2n) is 2.90. The topological polar surface area (TPSA) is 26.0 Å². The summed E-state index contributed by atoms with van der Waals surface area (Å²) in [4.78, 5) is 1.21. The van der Waals surface area contributed by atoms with Crippen molar-refractivity contribution in [1.29, 1.82) is 0 Å². The van der Waals surface area contributed by atoms with Crippen LogP contribution >= 0.6 is 39.7 Å². The molecule has 1 heterocycles. The molecule has 0 aromatic carbocycles. The molecule has 4 heteroatoms. The largest absolute Gasteiger partial charge is 0.323 e. The fourth-order valence-corrected chi connectivity index (χ4v) is 2.71. The van der Waals surface area contributed by atoms with Crippen LogP contribution in [0, 0.1) is 0 Å². The Morgan fingerprint density at radius 3 is 2.77 bits per heavy atom. The maximum atomic E-state index is 5.96. The van der Waals surface area contributed by atoms with Gasteiger partial charge in [0, 0.05) is 15.4 Å². The lowest BCUT2D eigenvalue weighted by atomic mass is 10.1. The van der Waals surface area contributed by atoms with Crippen LogP contribution in [0.4, 0.5) is 0 Å². The van der Waals surface area contributed by atoms with Crippen LogP contribution in [0.2, 0.25) is 0 Å². The lowest BCUT2D eigenvalue weighted by molar-refractivity contribution is 0.728. The van der Waals surface area contributed by atoms with Crippen molar-refractivity contribution in [2.45, 2.75) is 19.4 Å². The van der Waals surface area contributed by atoms with E-state index < -0.39 is 0 Å². The fourth-order valence-electron chi connectivity index (χ4n) is 1.04. The molecule has 0 aliphatic rings. The van der Waals surface area contributed by atoms with Gasteiger partial charge < -0.3 is 5.73 Å². The molecule has 0 unspecified atom stereocenters. The lowest BCUT2D eigenvalue weighted by Crippen LogP contribution is -2.08. The van der Waals surface area contributed by atoms with Crippen molar-refractivity contribution in [3.05, 3.63) is 32.9 Å². The van der Waals surface area contributed by atoms with Gasteiger partial charge in [-0.1, -0.05) is 5.57 Å². The Hall–Kier alpha value is 0.170. The molecule has 0 fully saturated rings. The standard InChI is InChI=1S/C9H12BrNS.ClH/c1-6(2)5-8(11)9-7(10)3-4-12-9;/h3-4,8H,1,5,11H2,2H3;1H/t8-;/m1./s1. The summed E-state index contributed by atoms with van der Waals surface area (Å²) in [7, 11) is 0. The summed E-state index contributed by atoms with van der Waals surface area (Å²) in [6.07, 6.45) is 0.860. The molecular weight excluding hydrogens is 270 g/mol. The van der Waals surface area contributed by atoms with Gasteiger partial charge in [0.15, 0.2) is 0 Å². The van der Waals surface area contributed by atoms with E-state index in [1.54, 1.807) is 11.3 Å². The summed E-state index contributed by atoms with van der Waals surface area (Å²) in [5.41, 5.74) is 7.09. The van der Waals surface area contributed by atoms with Crippen molar-refractivity contribution in [3.8, 4) is 0 Å². The lowest BCUT2D eigenvalue weighted by Gasteiger charge is -2.09. The summed E-state index contributed by atoms with van der Waals surface area (Å²) >= 11 is 5.14. The molecule has 2 N–H and O–H groups in total. The number of rotatable bonds is 3. The number of hydrogen-bond donors (Lipinski definition) is 1. The zero-order valence-electron chi connectivity index (χ0n) is 7.42. The molecule has 1 nitrogen and oxygen atoms in total. The molecule has 0 radical (unpaired) electrons. The van der Waals surface area contributed by atoms with E-state index >= 15 is 0 Å². The molecule has 0 spiro atoms. The first-order valence-electron chi connectivity index (χ1n) is 3.74. The van der Waals surface area contributed by atoms with Gasteiger partial charge in [0.05, 0.1) is 0 Å². The highest BCUT2D eigenvalue weighted by molar-refractivity contribution is 9.10. The first-order chi connectivity index (χ1) is 5.61. The highest BCUT2D eigenvalue weighted by atomic mass is 79.9. The zero-order valence-corrected chi connectivity index (χ0v) is 10.6. The van der Waals surface area contributed by atoms with Crippen LogP contribution in [0.25, 0.3) is 0 Å². The molecule has 0 saturated heterocycles. The Kier molecular flexibility index (Phi) is 5.88. The van der Waals surface area contributed by atoms with Crippen molar-refractivity contribution in [1.82, 2.24) is 0 Å². The van der Waals surface area contributed by atoms with Crippen molar-refractivity contribution < 1.29 is 0 Å². The first-order valence-corrected chi connectivity index (χ1v) is 5.41. The highest BCUT2D eigenvalue weighted by Crippen LogP contribution is 2.30. The minimum Gasteiger partial charge on any atom is -0.323 e. The van der Waals surface area contributed by atoms with Crippen molar-refractivity contribution in [3.63, 3.8) is 0 Å². The van der Waals surface area contributed by atoms with E-state index in [-0.39, 0.29) is 18.4 Å². The quantitative estimate of drug-likeness (QED) is 0.836. The second kappa shape index (κ2) is 5.81. The molecular formula is C9H13BrClNS. The Morgan fingerprint density at radius 1 is 1.77 bits per heavy atom. The van der Waals surface area contributed by atoms with E-state index in [0.717, 1.165) is 16.5 Å². The molecule has 1 aromatic rings. The summed E-state index contributed by atoms with van der Waals surface area (Å²) in [5, 5.41) is 2.04. The Bertz CT molecular complexity index is 285. The van der Waals surface area contributed by atoms with Crippen molar-refractivity contribution >= 4 is 39.7 Å². The average molecular weight is 283 g/mol. The van der Waals surface area contributed by atoms with Crippen LogP contribution in [-0.2, 0) is 0 Å². The molecule has 0 amide bonds. The van der Waals surface area contributed by atoms with E-state index in [4.69, 9.17) is 5.73 Å². The Morgan fingerprint density at radius 2 is 2.38 bits per heavy atom. The van der Waals surface area contributed by atoms with Gasteiger partial charge >= 0.3 is 0 Å². The molecule has 0 saturated carbocycles. The smallest absolute Gasteiger partial charge is 0.0438 e. The van der Waals surface area contributed by atoms with E-state index in [9.17, 15) is 0 Å². The number of hydrogen-bond acceptors (Lipinski definition) is 2. The van der Waals surface area contributed by atoms with Crippen molar-refractivity contribution in [2.24, 2.45) is 5.73 Å². The third-order valence-corrected chi connectivity index (χ3v) is 3.55. The van der Waals surface area contributed by atoms with E-state index in [1.807, 2.05) is 18.4 Å². The average Bonchev–Trinajstić information content (AvgIpc) is 2.33. The number of thiophene rings is 1. The molecule has 13 heavy (non-hydrogen) atoms. The highest BCUT2D eigenvalue weighted by Gasteiger charge is 2.10. The predicted octanol–water partition coefficient (Wildman–Crippen LogP) is 3.90. The Balaban J connectivity index is 0.00000144. The van der Waals surface area contributed by atoms with E-state index in [2.05, 4.69) is 22.5 Å². The van der Waals surface area contributed by atoms with Gasteiger partial charge in [-0.05, 0) is 40.7 Å². The van der Waals surface area contributed by atoms with E-state index in [1.165, 1.54) is 4.88 Å². The van der Waals surface area contributed by atoms with Gasteiger partial charge in [0.25, 0.3) is 0 Å². The molecule has 0 aliphatic carbocycles. The zero-order chi connectivity index (χ0) is 9.14. The third kappa shape index (κ3) is 3.81. The van der Waals surface area contributed by atoms with E-state index in [0.29, 0.717) is 0 Å². The minimum atomic E-state index is 0. The predicted molar refractivity (Wildman–Crippen MR) is 65.6 cm³/mol. The van der Waals surface area contributed by atoms with Crippen LogP contribution < -0.4 is 5.73 Å². The summed E-state index contributed by atoms with van der Waals surface area (Å²) in [5.74, 6) is 0. The van der Waals surface area contributed by atoms with Crippen LogP contribution in [0.3, 0.4) is 0 Å². The fraction of sp³-hybridized carbons (Fsp3) is 0.333. The molecule has 1 atom stereocenters.